The van der Waals surface area contributed by atoms with Gasteiger partial charge in [0.25, 0.3) is 5.91 Å². The molecule has 1 saturated heterocycles. The Labute approximate surface area is 195 Å². The number of carbonyl (C=O) groups excluding carboxylic acids is 1. The first-order valence-electron chi connectivity index (χ1n) is 11.4. The zero-order valence-electron chi connectivity index (χ0n) is 18.9. The van der Waals surface area contributed by atoms with Crippen molar-refractivity contribution in [3.63, 3.8) is 0 Å². The van der Waals surface area contributed by atoms with Crippen LogP contribution in [0.5, 0.6) is 0 Å². The molecule has 0 atom stereocenters. The van der Waals surface area contributed by atoms with Gasteiger partial charge in [-0.05, 0) is 44.0 Å². The van der Waals surface area contributed by atoms with E-state index in [1.54, 1.807) is 42.6 Å². The first kappa shape index (κ1) is 23.4. The smallest absolute Gasteiger partial charge is 0.253 e. The highest BCUT2D eigenvalue weighted by molar-refractivity contribution is 7.89. The van der Waals surface area contributed by atoms with Crippen molar-refractivity contribution in [3.05, 3.63) is 45.9 Å². The fourth-order valence-electron chi connectivity index (χ4n) is 4.58. The van der Waals surface area contributed by atoms with Crippen LogP contribution >= 0.6 is 11.3 Å². The van der Waals surface area contributed by atoms with Crippen molar-refractivity contribution in [1.29, 1.82) is 0 Å². The minimum absolute atomic E-state index is 0.0428. The summed E-state index contributed by atoms with van der Waals surface area (Å²) in [5.41, 5.74) is 1.62. The summed E-state index contributed by atoms with van der Waals surface area (Å²) in [5, 5.41) is 3.16. The molecule has 1 amide bonds. The molecule has 1 aliphatic heterocycles. The second kappa shape index (κ2) is 9.99. The van der Waals surface area contributed by atoms with Gasteiger partial charge in [0.1, 0.15) is 0 Å². The molecule has 1 aliphatic carbocycles. The van der Waals surface area contributed by atoms with E-state index in [0.29, 0.717) is 18.7 Å². The normalized spacial score (nSPS) is 18.9. The molecule has 1 aromatic carbocycles. The Kier molecular flexibility index (Phi) is 7.29. The van der Waals surface area contributed by atoms with Gasteiger partial charge < -0.3 is 4.90 Å². The molecule has 2 aliphatic rings. The standard InChI is InChI=1S/C23H32N4O3S2/c1-18-24-20(17-31-18)16-26-12-14-27(15-13-26)23(28)19-8-10-22(11-9-19)32(29,30)25(2)21-6-4-3-5-7-21/h8-11,17,21H,3-7,12-16H2,1-2H3. The van der Waals surface area contributed by atoms with Gasteiger partial charge in [-0.3, -0.25) is 9.69 Å². The van der Waals surface area contributed by atoms with Crippen molar-refractivity contribution in [3.8, 4) is 0 Å². The Morgan fingerprint density at radius 2 is 1.75 bits per heavy atom. The molecule has 0 spiro atoms. The maximum absolute atomic E-state index is 13.0. The molecular weight excluding hydrogens is 444 g/mol. The number of benzene rings is 1. The first-order valence-corrected chi connectivity index (χ1v) is 13.7. The summed E-state index contributed by atoms with van der Waals surface area (Å²) in [6.45, 7) is 5.75. The molecule has 2 heterocycles. The minimum atomic E-state index is -3.54. The van der Waals surface area contributed by atoms with Gasteiger partial charge in [0.15, 0.2) is 0 Å². The summed E-state index contributed by atoms with van der Waals surface area (Å²) < 4.78 is 27.6. The van der Waals surface area contributed by atoms with Crippen LogP contribution < -0.4 is 0 Å². The number of nitrogens with zero attached hydrogens (tertiary/aromatic N) is 4. The average molecular weight is 477 g/mol. The van der Waals surface area contributed by atoms with Crippen LogP contribution in [-0.4, -0.2) is 72.7 Å². The maximum atomic E-state index is 13.0. The molecule has 0 N–H and O–H groups in total. The van der Waals surface area contributed by atoms with E-state index in [9.17, 15) is 13.2 Å². The lowest BCUT2D eigenvalue weighted by atomic mass is 9.96. The first-order chi connectivity index (χ1) is 15.3. The number of hydrogen-bond acceptors (Lipinski definition) is 6. The lowest BCUT2D eigenvalue weighted by Gasteiger charge is -2.34. The van der Waals surface area contributed by atoms with E-state index < -0.39 is 10.0 Å². The van der Waals surface area contributed by atoms with Crippen LogP contribution in [0.1, 0.15) is 53.2 Å². The summed E-state index contributed by atoms with van der Waals surface area (Å²) in [4.78, 5) is 21.9. The van der Waals surface area contributed by atoms with Gasteiger partial charge in [0, 0.05) is 56.8 Å². The van der Waals surface area contributed by atoms with Crippen molar-refractivity contribution >= 4 is 27.3 Å². The van der Waals surface area contributed by atoms with Crippen LogP contribution in [0.3, 0.4) is 0 Å². The van der Waals surface area contributed by atoms with Crippen LogP contribution in [-0.2, 0) is 16.6 Å². The molecule has 32 heavy (non-hydrogen) atoms. The number of aromatic nitrogens is 1. The fourth-order valence-corrected chi connectivity index (χ4v) is 6.60. The van der Waals surface area contributed by atoms with Crippen molar-refractivity contribution in [2.24, 2.45) is 0 Å². The molecule has 1 saturated carbocycles. The highest BCUT2D eigenvalue weighted by Crippen LogP contribution is 2.26. The molecule has 2 aromatic rings. The molecule has 174 valence electrons. The molecule has 0 radical (unpaired) electrons. The van der Waals surface area contributed by atoms with E-state index in [4.69, 9.17) is 0 Å². The molecule has 9 heteroatoms. The summed E-state index contributed by atoms with van der Waals surface area (Å²) in [6.07, 6.45) is 5.17. The second-order valence-electron chi connectivity index (χ2n) is 8.76. The third-order valence-corrected chi connectivity index (χ3v) is 9.33. The van der Waals surface area contributed by atoms with E-state index in [1.807, 2.05) is 11.8 Å². The van der Waals surface area contributed by atoms with Gasteiger partial charge in [0.2, 0.25) is 10.0 Å². The minimum Gasteiger partial charge on any atom is -0.336 e. The number of amides is 1. The number of aryl methyl sites for hydroxylation is 1. The number of carbonyl (C=O) groups is 1. The van der Waals surface area contributed by atoms with E-state index in [0.717, 1.165) is 56.0 Å². The topological polar surface area (TPSA) is 73.8 Å². The van der Waals surface area contributed by atoms with Gasteiger partial charge in [-0.2, -0.15) is 4.31 Å². The average Bonchev–Trinajstić information content (AvgIpc) is 3.23. The summed E-state index contributed by atoms with van der Waals surface area (Å²) >= 11 is 1.66. The second-order valence-corrected chi connectivity index (χ2v) is 11.8. The van der Waals surface area contributed by atoms with E-state index in [2.05, 4.69) is 15.3 Å². The Morgan fingerprint density at radius 1 is 1.09 bits per heavy atom. The lowest BCUT2D eigenvalue weighted by molar-refractivity contribution is 0.0627. The van der Waals surface area contributed by atoms with Gasteiger partial charge in [-0.15, -0.1) is 11.3 Å². The zero-order valence-corrected chi connectivity index (χ0v) is 20.5. The summed E-state index contributed by atoms with van der Waals surface area (Å²) in [6, 6.07) is 6.51. The number of sulfonamides is 1. The van der Waals surface area contributed by atoms with E-state index in [-0.39, 0.29) is 16.8 Å². The van der Waals surface area contributed by atoms with Gasteiger partial charge in [-0.25, -0.2) is 13.4 Å². The Balaban J connectivity index is 1.35. The van der Waals surface area contributed by atoms with Crippen LogP contribution in [0.4, 0.5) is 0 Å². The number of hydrogen-bond donors (Lipinski definition) is 0. The fraction of sp³-hybridized carbons (Fsp3) is 0.565. The quantitative estimate of drug-likeness (QED) is 0.639. The molecule has 0 unspecified atom stereocenters. The molecule has 7 nitrogen and oxygen atoms in total. The third kappa shape index (κ3) is 5.22. The predicted molar refractivity (Wildman–Crippen MR) is 126 cm³/mol. The van der Waals surface area contributed by atoms with Gasteiger partial charge in [-0.1, -0.05) is 19.3 Å². The van der Waals surface area contributed by atoms with Crippen LogP contribution in [0, 0.1) is 6.92 Å². The van der Waals surface area contributed by atoms with Crippen molar-refractivity contribution in [1.82, 2.24) is 19.1 Å². The number of rotatable bonds is 6. The van der Waals surface area contributed by atoms with Gasteiger partial charge >= 0.3 is 0 Å². The van der Waals surface area contributed by atoms with Crippen molar-refractivity contribution in [2.75, 3.05) is 33.2 Å². The van der Waals surface area contributed by atoms with Crippen LogP contribution in [0.2, 0.25) is 0 Å². The van der Waals surface area contributed by atoms with Crippen LogP contribution in [0.25, 0.3) is 0 Å². The number of thiazole rings is 1. The molecule has 4 rings (SSSR count). The third-order valence-electron chi connectivity index (χ3n) is 6.58. The predicted octanol–water partition coefficient (Wildman–Crippen LogP) is 3.36. The number of piperazine rings is 1. The largest absolute Gasteiger partial charge is 0.336 e. The zero-order chi connectivity index (χ0) is 22.7. The SMILES string of the molecule is Cc1nc(CN2CCN(C(=O)c3ccc(S(=O)(=O)N(C)C4CCCCC4)cc3)CC2)cs1. The maximum Gasteiger partial charge on any atom is 0.253 e. The van der Waals surface area contributed by atoms with Crippen molar-refractivity contribution < 1.29 is 13.2 Å². The summed E-state index contributed by atoms with van der Waals surface area (Å²) in [5.74, 6) is -0.0428. The van der Waals surface area contributed by atoms with Crippen molar-refractivity contribution in [2.45, 2.75) is 56.5 Å². The van der Waals surface area contributed by atoms with E-state index in [1.165, 1.54) is 10.7 Å². The monoisotopic (exact) mass is 476 g/mol. The molecular formula is C23H32N4O3S2. The highest BCUT2D eigenvalue weighted by Gasteiger charge is 2.29. The molecule has 1 aromatic heterocycles. The lowest BCUT2D eigenvalue weighted by Crippen LogP contribution is -2.48. The Morgan fingerprint density at radius 3 is 2.34 bits per heavy atom. The van der Waals surface area contributed by atoms with Crippen LogP contribution in [0.15, 0.2) is 34.5 Å². The Bertz CT molecular complexity index is 1020. The molecule has 0 bridgehead atoms. The molecule has 2 fully saturated rings. The van der Waals surface area contributed by atoms with E-state index >= 15 is 0 Å². The highest BCUT2D eigenvalue weighted by atomic mass is 32.2. The summed E-state index contributed by atoms with van der Waals surface area (Å²) in [7, 11) is -1.87. The van der Waals surface area contributed by atoms with Gasteiger partial charge in [0.05, 0.1) is 15.6 Å². The Hall–Kier alpha value is -1.81.